The average Bonchev–Trinajstić information content (AvgIpc) is 2.92. The van der Waals surface area contributed by atoms with Crippen molar-refractivity contribution < 1.29 is 53.0 Å². The Hall–Kier alpha value is -1.43. The lowest BCUT2D eigenvalue weighted by atomic mass is 10.1. The largest absolute Gasteiger partial charge is 0.469 e. The molecule has 152 valence electrons. The maximum atomic E-state index is 12.0. The van der Waals surface area contributed by atoms with E-state index in [0.717, 1.165) is 0 Å². The number of carbonyl (C=O) groups is 1. The quantitative estimate of drug-likeness (QED) is 0.197. The van der Waals surface area contributed by atoms with Crippen LogP contribution in [0.4, 0.5) is 0 Å². The fourth-order valence-electron chi connectivity index (χ4n) is 2.43. The SMILES string of the molecule is CCC(O)COC(=O)c1ccc[n+]([C@@H]2O[C@H](COP(=O)(O)O)[C@@H](O)[C@H]2O)c1. The third-order valence-electron chi connectivity index (χ3n) is 3.97. The van der Waals surface area contributed by atoms with E-state index in [0.29, 0.717) is 6.42 Å². The van der Waals surface area contributed by atoms with Crippen LogP contribution in [0.25, 0.3) is 0 Å². The van der Waals surface area contributed by atoms with Gasteiger partial charge in [0.25, 0.3) is 6.23 Å². The highest BCUT2D eigenvalue weighted by molar-refractivity contribution is 7.46. The van der Waals surface area contributed by atoms with Crippen molar-refractivity contribution in [1.29, 1.82) is 0 Å². The van der Waals surface area contributed by atoms with Crippen LogP contribution in [0.2, 0.25) is 0 Å². The highest BCUT2D eigenvalue weighted by Crippen LogP contribution is 2.37. The first-order valence-electron chi connectivity index (χ1n) is 8.20. The van der Waals surface area contributed by atoms with Gasteiger partial charge in [-0.15, -0.1) is 0 Å². The Morgan fingerprint density at radius 1 is 1.37 bits per heavy atom. The highest BCUT2D eigenvalue weighted by Gasteiger charge is 2.49. The molecule has 0 spiro atoms. The van der Waals surface area contributed by atoms with Crippen LogP contribution >= 0.6 is 7.82 Å². The molecule has 27 heavy (non-hydrogen) atoms. The molecule has 0 aromatic carbocycles. The van der Waals surface area contributed by atoms with Gasteiger partial charge in [0.15, 0.2) is 18.5 Å². The van der Waals surface area contributed by atoms with Crippen LogP contribution in [0.1, 0.15) is 29.9 Å². The first-order chi connectivity index (χ1) is 12.6. The molecule has 1 saturated heterocycles. The molecule has 0 aliphatic carbocycles. The molecule has 0 radical (unpaired) electrons. The fraction of sp³-hybridized carbons (Fsp3) is 0.600. The van der Waals surface area contributed by atoms with E-state index < -0.39 is 51.0 Å². The number of hydrogen-bond donors (Lipinski definition) is 5. The lowest BCUT2D eigenvalue weighted by molar-refractivity contribution is -0.765. The third kappa shape index (κ3) is 6.03. The lowest BCUT2D eigenvalue weighted by Gasteiger charge is -2.13. The molecule has 12 heteroatoms. The summed E-state index contributed by atoms with van der Waals surface area (Å²) in [5.41, 5.74) is 0.126. The monoisotopic (exact) mass is 408 g/mol. The van der Waals surface area contributed by atoms with Crippen molar-refractivity contribution in [2.75, 3.05) is 13.2 Å². The van der Waals surface area contributed by atoms with Gasteiger partial charge in [-0.25, -0.2) is 9.36 Å². The van der Waals surface area contributed by atoms with Crippen molar-refractivity contribution in [1.82, 2.24) is 0 Å². The van der Waals surface area contributed by atoms with Crippen LogP contribution in [0.15, 0.2) is 24.5 Å². The number of carbonyl (C=O) groups excluding carboxylic acids is 1. The number of aliphatic hydroxyl groups excluding tert-OH is 3. The maximum Gasteiger partial charge on any atom is 0.469 e. The molecule has 2 rings (SSSR count). The fourth-order valence-corrected chi connectivity index (χ4v) is 2.77. The van der Waals surface area contributed by atoms with Crippen molar-refractivity contribution >= 4 is 13.8 Å². The van der Waals surface area contributed by atoms with Crippen molar-refractivity contribution in [3.8, 4) is 0 Å². The van der Waals surface area contributed by atoms with E-state index in [-0.39, 0.29) is 12.2 Å². The summed E-state index contributed by atoms with van der Waals surface area (Å²) >= 11 is 0. The number of nitrogens with zero attached hydrogens (tertiary/aromatic N) is 1. The van der Waals surface area contributed by atoms with Gasteiger partial charge in [0.1, 0.15) is 24.4 Å². The van der Waals surface area contributed by atoms with Crippen LogP contribution in [-0.2, 0) is 18.6 Å². The first-order valence-corrected chi connectivity index (χ1v) is 9.73. The van der Waals surface area contributed by atoms with E-state index in [1.165, 1.54) is 29.1 Å². The number of phosphoric ester groups is 1. The van der Waals surface area contributed by atoms with Crippen molar-refractivity contribution in [3.05, 3.63) is 30.1 Å². The van der Waals surface area contributed by atoms with Crippen LogP contribution < -0.4 is 4.57 Å². The molecule has 1 aromatic heterocycles. The van der Waals surface area contributed by atoms with Crippen molar-refractivity contribution in [3.63, 3.8) is 0 Å². The number of esters is 1. The summed E-state index contributed by atoms with van der Waals surface area (Å²) in [6, 6.07) is 2.96. The zero-order valence-corrected chi connectivity index (χ0v) is 15.4. The van der Waals surface area contributed by atoms with E-state index in [1.54, 1.807) is 6.92 Å². The third-order valence-corrected chi connectivity index (χ3v) is 4.46. The summed E-state index contributed by atoms with van der Waals surface area (Å²) in [6.45, 7) is 0.954. The minimum atomic E-state index is -4.76. The molecule has 0 saturated carbocycles. The van der Waals surface area contributed by atoms with E-state index in [2.05, 4.69) is 4.52 Å². The van der Waals surface area contributed by atoms with Gasteiger partial charge in [-0.1, -0.05) is 6.92 Å². The minimum absolute atomic E-state index is 0.126. The Balaban J connectivity index is 2.07. The van der Waals surface area contributed by atoms with Crippen LogP contribution in [0.3, 0.4) is 0 Å². The van der Waals surface area contributed by atoms with E-state index in [4.69, 9.17) is 19.3 Å². The number of aliphatic hydroxyl groups is 3. The van der Waals surface area contributed by atoms with Crippen molar-refractivity contribution in [2.24, 2.45) is 0 Å². The molecular weight excluding hydrogens is 385 g/mol. The van der Waals surface area contributed by atoms with Crippen molar-refractivity contribution in [2.45, 2.75) is 44.0 Å². The number of pyridine rings is 1. The second-order valence-corrected chi connectivity index (χ2v) is 7.27. The summed E-state index contributed by atoms with van der Waals surface area (Å²) in [6.07, 6.45) is -2.70. The Morgan fingerprint density at radius 3 is 2.70 bits per heavy atom. The van der Waals surface area contributed by atoms with E-state index in [1.807, 2.05) is 0 Å². The molecule has 2 heterocycles. The second kappa shape index (κ2) is 9.18. The number of hydrogen-bond acceptors (Lipinski definition) is 8. The molecule has 5 atom stereocenters. The Kier molecular flexibility index (Phi) is 7.43. The number of ether oxygens (including phenoxy) is 2. The maximum absolute atomic E-state index is 12.0. The zero-order chi connectivity index (χ0) is 20.2. The first kappa shape index (κ1) is 21.9. The number of rotatable bonds is 8. The van der Waals surface area contributed by atoms with Gasteiger partial charge in [-0.2, -0.15) is 4.57 Å². The molecule has 1 unspecified atom stereocenters. The predicted molar refractivity (Wildman–Crippen MR) is 87.1 cm³/mol. The van der Waals surface area contributed by atoms with Gasteiger partial charge in [0, 0.05) is 6.07 Å². The molecule has 0 amide bonds. The predicted octanol–water partition coefficient (Wildman–Crippen LogP) is -1.37. The second-order valence-electron chi connectivity index (χ2n) is 6.03. The molecule has 1 aromatic rings. The van der Waals surface area contributed by atoms with E-state index in [9.17, 15) is 24.7 Å². The summed E-state index contributed by atoms with van der Waals surface area (Å²) in [4.78, 5) is 29.5. The molecule has 1 aliphatic rings. The smallest absolute Gasteiger partial charge is 0.459 e. The van der Waals surface area contributed by atoms with Crippen LogP contribution in [0, 0.1) is 0 Å². The minimum Gasteiger partial charge on any atom is -0.459 e. The van der Waals surface area contributed by atoms with Gasteiger partial charge >= 0.3 is 13.8 Å². The topological polar surface area (TPSA) is 167 Å². The zero-order valence-electron chi connectivity index (χ0n) is 14.5. The van der Waals surface area contributed by atoms with Gasteiger partial charge in [-0.3, -0.25) is 4.52 Å². The van der Waals surface area contributed by atoms with Gasteiger partial charge < -0.3 is 34.6 Å². The molecule has 0 bridgehead atoms. The summed E-state index contributed by atoms with van der Waals surface area (Å²) in [5.74, 6) is -0.689. The standard InChI is InChI=1S/C15H22NO10P/c1-2-10(17)7-24-15(20)9-4-3-5-16(6-9)14-13(19)12(18)11(26-14)8-25-27(21,22)23/h3-6,10-14,17-19H,2,7-8H2,1H3,(H-,21,22,23)/p+1/t10?,11-,12-,13-,14-/m1/s1. The molecule has 1 fully saturated rings. The normalized spacial score (nSPS) is 26.7. The Labute approximate surface area is 155 Å². The molecule has 5 N–H and O–H groups in total. The highest BCUT2D eigenvalue weighted by atomic mass is 31.2. The summed E-state index contributed by atoms with van der Waals surface area (Å²) in [5, 5.41) is 29.6. The van der Waals surface area contributed by atoms with Gasteiger partial charge in [0.05, 0.1) is 12.7 Å². The van der Waals surface area contributed by atoms with E-state index >= 15 is 0 Å². The molecule has 11 nitrogen and oxygen atoms in total. The van der Waals surface area contributed by atoms with Gasteiger partial charge in [-0.05, 0) is 12.5 Å². The summed E-state index contributed by atoms with van der Waals surface area (Å²) < 4.78 is 26.8. The Bertz CT molecular complexity index is 695. The van der Waals surface area contributed by atoms with Crippen LogP contribution in [-0.4, -0.2) is 68.7 Å². The van der Waals surface area contributed by atoms with Crippen LogP contribution in [0.5, 0.6) is 0 Å². The summed E-state index contributed by atoms with van der Waals surface area (Å²) in [7, 11) is -4.76. The average molecular weight is 408 g/mol. The number of aromatic nitrogens is 1. The molecule has 1 aliphatic heterocycles. The number of phosphoric acid groups is 1. The molecular formula is C15H23NO10P+. The Morgan fingerprint density at radius 2 is 2.07 bits per heavy atom. The van der Waals surface area contributed by atoms with Gasteiger partial charge in [0.2, 0.25) is 0 Å². The lowest BCUT2D eigenvalue weighted by Crippen LogP contribution is -2.46.